The highest BCUT2D eigenvalue weighted by atomic mass is 19.4. The van der Waals surface area contributed by atoms with Crippen LogP contribution in [0.3, 0.4) is 0 Å². The van der Waals surface area contributed by atoms with Crippen LogP contribution in [0.2, 0.25) is 0 Å². The average Bonchev–Trinajstić information content (AvgIpc) is 2.81. The molecule has 3 aliphatic rings. The third-order valence-electron chi connectivity index (χ3n) is 4.12. The smallest absolute Gasteiger partial charge is 0.300 e. The molecule has 0 bridgehead atoms. The maximum atomic E-state index is 12.7. The van der Waals surface area contributed by atoms with Gasteiger partial charge in [0.1, 0.15) is 5.54 Å². The summed E-state index contributed by atoms with van der Waals surface area (Å²) in [4.78, 5) is 0. The van der Waals surface area contributed by atoms with Crippen molar-refractivity contribution in [1.29, 1.82) is 0 Å². The third-order valence-corrected chi connectivity index (χ3v) is 4.12. The number of alkyl halides is 3. The van der Waals surface area contributed by atoms with E-state index in [9.17, 15) is 13.2 Å². The minimum Gasteiger partial charge on any atom is -0.300 e. The molecule has 3 unspecified atom stereocenters. The minimum atomic E-state index is -4.07. The molecule has 0 aromatic rings. The van der Waals surface area contributed by atoms with E-state index in [1.165, 1.54) is 0 Å². The molecule has 0 amide bonds. The molecule has 1 N–H and O–H groups in total. The zero-order valence-electron chi connectivity index (χ0n) is 8.35. The van der Waals surface area contributed by atoms with Crippen LogP contribution in [-0.2, 0) is 0 Å². The van der Waals surface area contributed by atoms with Crippen molar-refractivity contribution in [1.82, 2.24) is 5.32 Å². The van der Waals surface area contributed by atoms with Crippen LogP contribution in [0.5, 0.6) is 0 Å². The summed E-state index contributed by atoms with van der Waals surface area (Å²) in [5.41, 5.74) is -1.53. The van der Waals surface area contributed by atoms with Gasteiger partial charge in [-0.05, 0) is 37.5 Å². The summed E-state index contributed by atoms with van der Waals surface area (Å²) in [6.45, 7) is 0. The largest absolute Gasteiger partial charge is 0.406 e. The lowest BCUT2D eigenvalue weighted by molar-refractivity contribution is -0.171. The van der Waals surface area contributed by atoms with Crippen molar-refractivity contribution in [2.75, 3.05) is 0 Å². The number of nitrogens with one attached hydrogen (secondary N) is 1. The lowest BCUT2D eigenvalue weighted by Crippen LogP contribution is -2.57. The van der Waals surface area contributed by atoms with Gasteiger partial charge in [0.05, 0.1) is 0 Å². The maximum Gasteiger partial charge on any atom is 0.406 e. The monoisotopic (exact) mass is 217 g/mol. The summed E-state index contributed by atoms with van der Waals surface area (Å²) in [6.07, 6.45) is 2.60. The standard InChI is InChI=1S/C11H14F3N/c12-11(13,14)10(4-5-10)15-9-6-7-2-1-3-8(7)9/h1,3,7-9,15H,2,4-6H2. The van der Waals surface area contributed by atoms with Crippen LogP contribution >= 0.6 is 0 Å². The molecule has 3 aliphatic carbocycles. The van der Waals surface area contributed by atoms with Gasteiger partial charge in [-0.15, -0.1) is 0 Å². The molecule has 0 radical (unpaired) electrons. The Kier molecular flexibility index (Phi) is 1.80. The van der Waals surface area contributed by atoms with Gasteiger partial charge in [0, 0.05) is 6.04 Å². The van der Waals surface area contributed by atoms with Crippen molar-refractivity contribution in [2.45, 2.75) is 43.4 Å². The van der Waals surface area contributed by atoms with E-state index in [0.29, 0.717) is 11.8 Å². The Morgan fingerprint density at radius 3 is 2.53 bits per heavy atom. The summed E-state index contributed by atoms with van der Waals surface area (Å²) < 4.78 is 38.0. The van der Waals surface area contributed by atoms with E-state index in [1.807, 2.05) is 0 Å². The lowest BCUT2D eigenvalue weighted by atomic mass is 9.71. The van der Waals surface area contributed by atoms with Crippen molar-refractivity contribution in [3.05, 3.63) is 12.2 Å². The number of fused-ring (bicyclic) bond motifs is 1. The summed E-state index contributed by atoms with van der Waals surface area (Å²) >= 11 is 0. The van der Waals surface area contributed by atoms with Gasteiger partial charge in [-0.3, -0.25) is 0 Å². The van der Waals surface area contributed by atoms with Crippen LogP contribution < -0.4 is 5.32 Å². The highest BCUT2D eigenvalue weighted by Gasteiger charge is 2.65. The van der Waals surface area contributed by atoms with E-state index in [-0.39, 0.29) is 18.9 Å². The van der Waals surface area contributed by atoms with Gasteiger partial charge >= 0.3 is 6.18 Å². The van der Waals surface area contributed by atoms with E-state index in [1.54, 1.807) is 0 Å². The molecule has 4 heteroatoms. The fraction of sp³-hybridized carbons (Fsp3) is 0.818. The lowest BCUT2D eigenvalue weighted by Gasteiger charge is -2.43. The normalized spacial score (nSPS) is 41.1. The molecule has 0 aromatic heterocycles. The Bertz CT molecular complexity index is 303. The van der Waals surface area contributed by atoms with Gasteiger partial charge < -0.3 is 5.32 Å². The second-order valence-electron chi connectivity index (χ2n) is 5.07. The van der Waals surface area contributed by atoms with E-state index >= 15 is 0 Å². The average molecular weight is 217 g/mol. The van der Waals surface area contributed by atoms with Crippen LogP contribution in [-0.4, -0.2) is 17.8 Å². The molecule has 3 atom stereocenters. The van der Waals surface area contributed by atoms with Crippen LogP contribution in [0.15, 0.2) is 12.2 Å². The van der Waals surface area contributed by atoms with Gasteiger partial charge in [-0.25, -0.2) is 0 Å². The van der Waals surface area contributed by atoms with Crippen LogP contribution in [0.25, 0.3) is 0 Å². The molecular formula is C11H14F3N. The van der Waals surface area contributed by atoms with Crippen LogP contribution in [0.4, 0.5) is 13.2 Å². The quantitative estimate of drug-likeness (QED) is 0.701. The molecule has 2 fully saturated rings. The summed E-state index contributed by atoms with van der Waals surface area (Å²) in [7, 11) is 0. The highest BCUT2D eigenvalue weighted by molar-refractivity contribution is 5.17. The fourth-order valence-corrected chi connectivity index (χ4v) is 2.87. The molecule has 0 spiro atoms. The topological polar surface area (TPSA) is 12.0 Å². The van der Waals surface area contributed by atoms with Crippen molar-refractivity contribution in [3.8, 4) is 0 Å². The van der Waals surface area contributed by atoms with Crippen molar-refractivity contribution >= 4 is 0 Å². The SMILES string of the molecule is FC(F)(F)C1(NC2CC3CC=CC32)CC1. The molecule has 1 nitrogen and oxygen atoms in total. The van der Waals surface area contributed by atoms with Gasteiger partial charge in [0.25, 0.3) is 0 Å². The molecule has 3 rings (SSSR count). The first-order valence-corrected chi connectivity index (χ1v) is 5.53. The fourth-order valence-electron chi connectivity index (χ4n) is 2.87. The number of allylic oxidation sites excluding steroid dienone is 1. The Morgan fingerprint density at radius 1 is 1.27 bits per heavy atom. The second kappa shape index (κ2) is 2.78. The predicted molar refractivity (Wildman–Crippen MR) is 50.3 cm³/mol. The molecule has 0 saturated heterocycles. The second-order valence-corrected chi connectivity index (χ2v) is 5.07. The molecule has 0 aromatic carbocycles. The zero-order valence-corrected chi connectivity index (χ0v) is 8.35. The van der Waals surface area contributed by atoms with Crippen molar-refractivity contribution < 1.29 is 13.2 Å². The van der Waals surface area contributed by atoms with Crippen molar-refractivity contribution in [3.63, 3.8) is 0 Å². The number of hydrogen-bond donors (Lipinski definition) is 1. The van der Waals surface area contributed by atoms with Gasteiger partial charge in [0.15, 0.2) is 0 Å². The Balaban J connectivity index is 1.65. The molecule has 84 valence electrons. The molecule has 2 saturated carbocycles. The van der Waals surface area contributed by atoms with E-state index in [2.05, 4.69) is 17.5 Å². The first-order chi connectivity index (χ1) is 7.02. The van der Waals surface area contributed by atoms with Crippen LogP contribution in [0.1, 0.15) is 25.7 Å². The number of rotatable bonds is 2. The first kappa shape index (κ1) is 9.70. The highest BCUT2D eigenvalue weighted by Crippen LogP contribution is 2.52. The van der Waals surface area contributed by atoms with Crippen molar-refractivity contribution in [2.24, 2.45) is 11.8 Å². The Morgan fingerprint density at radius 2 is 2.00 bits per heavy atom. The maximum absolute atomic E-state index is 12.7. The summed E-state index contributed by atoms with van der Waals surface area (Å²) in [5.74, 6) is 0.983. The third kappa shape index (κ3) is 1.34. The number of hydrogen-bond acceptors (Lipinski definition) is 1. The molecule has 0 aliphatic heterocycles. The Hall–Kier alpha value is -0.510. The van der Waals surface area contributed by atoms with Gasteiger partial charge in [0.2, 0.25) is 0 Å². The van der Waals surface area contributed by atoms with E-state index in [0.717, 1.165) is 12.8 Å². The Labute approximate surface area is 86.7 Å². The van der Waals surface area contributed by atoms with E-state index in [4.69, 9.17) is 0 Å². The minimum absolute atomic E-state index is 0.0675. The van der Waals surface area contributed by atoms with Gasteiger partial charge in [-0.2, -0.15) is 13.2 Å². The molecule has 0 heterocycles. The predicted octanol–water partition coefficient (Wildman–Crippen LogP) is 2.64. The van der Waals surface area contributed by atoms with E-state index < -0.39 is 11.7 Å². The first-order valence-electron chi connectivity index (χ1n) is 5.53. The molecule has 15 heavy (non-hydrogen) atoms. The molecular weight excluding hydrogens is 203 g/mol. The number of halogens is 3. The summed E-state index contributed by atoms with van der Waals surface area (Å²) in [5, 5.41) is 2.84. The van der Waals surface area contributed by atoms with Crippen LogP contribution in [0, 0.1) is 11.8 Å². The zero-order chi connectivity index (χ0) is 10.7. The van der Waals surface area contributed by atoms with Gasteiger partial charge in [-0.1, -0.05) is 12.2 Å². The summed E-state index contributed by atoms with van der Waals surface area (Å²) in [6, 6.07) is 0.0675.